The van der Waals surface area contributed by atoms with Crippen LogP contribution < -0.4 is 16.2 Å². The summed E-state index contributed by atoms with van der Waals surface area (Å²) in [4.78, 5) is 39.1. The number of anilines is 2. The Bertz CT molecular complexity index is 1170. The van der Waals surface area contributed by atoms with Crippen LogP contribution in [0, 0.1) is 0 Å². The van der Waals surface area contributed by atoms with Crippen molar-refractivity contribution in [1.29, 1.82) is 0 Å². The van der Waals surface area contributed by atoms with Gasteiger partial charge in [0.1, 0.15) is 6.04 Å². The van der Waals surface area contributed by atoms with Gasteiger partial charge in [0.05, 0.1) is 5.39 Å². The minimum Gasteiger partial charge on any atom is -0.326 e. The van der Waals surface area contributed by atoms with E-state index in [4.69, 9.17) is 0 Å². The first-order valence-corrected chi connectivity index (χ1v) is 10.9. The van der Waals surface area contributed by atoms with E-state index in [1.807, 2.05) is 6.92 Å². The highest BCUT2D eigenvalue weighted by Gasteiger charge is 2.26. The van der Waals surface area contributed by atoms with E-state index in [9.17, 15) is 14.4 Å². The lowest BCUT2D eigenvalue weighted by Crippen LogP contribution is -2.35. The Balaban J connectivity index is 1.61. The molecule has 156 valence electrons. The maximum atomic E-state index is 13.2. The highest BCUT2D eigenvalue weighted by molar-refractivity contribution is 7.18. The summed E-state index contributed by atoms with van der Waals surface area (Å²) < 4.78 is 1.21. The lowest BCUT2D eigenvalue weighted by molar-refractivity contribution is -0.119. The van der Waals surface area contributed by atoms with Crippen molar-refractivity contribution in [2.24, 2.45) is 0 Å². The number of nitrogens with zero attached hydrogens (tertiary/aromatic N) is 3. The molecule has 0 fully saturated rings. The van der Waals surface area contributed by atoms with E-state index >= 15 is 0 Å². The number of aromatic nitrogens is 3. The summed E-state index contributed by atoms with van der Waals surface area (Å²) in [6.45, 7) is 3.27. The van der Waals surface area contributed by atoms with Gasteiger partial charge >= 0.3 is 0 Å². The molecule has 2 heterocycles. The van der Waals surface area contributed by atoms with E-state index in [1.54, 1.807) is 35.6 Å². The fraction of sp³-hybridized carbons (Fsp3) is 0.381. The van der Waals surface area contributed by atoms with Crippen LogP contribution in [0.1, 0.15) is 49.6 Å². The Labute approximate surface area is 177 Å². The van der Waals surface area contributed by atoms with Gasteiger partial charge in [-0.2, -0.15) is 4.68 Å². The van der Waals surface area contributed by atoms with Crippen LogP contribution in [0.15, 0.2) is 29.1 Å². The molecule has 0 radical (unpaired) electrons. The molecule has 2 amide bonds. The fourth-order valence-electron chi connectivity index (χ4n) is 3.83. The van der Waals surface area contributed by atoms with Gasteiger partial charge in [-0.15, -0.1) is 16.4 Å². The summed E-state index contributed by atoms with van der Waals surface area (Å²) >= 11 is 1.54. The number of thiophene rings is 1. The van der Waals surface area contributed by atoms with Crippen LogP contribution in [0.25, 0.3) is 10.2 Å². The monoisotopic (exact) mass is 425 g/mol. The number of rotatable bonds is 5. The molecule has 2 N–H and O–H groups in total. The van der Waals surface area contributed by atoms with Crippen molar-refractivity contribution >= 4 is 44.7 Å². The number of amides is 2. The molecule has 9 heteroatoms. The molecule has 8 nitrogen and oxygen atoms in total. The summed E-state index contributed by atoms with van der Waals surface area (Å²) in [6.07, 6.45) is 4.44. The molecule has 1 aliphatic carbocycles. The number of nitrogens with one attached hydrogen (secondary N) is 2. The summed E-state index contributed by atoms with van der Waals surface area (Å²) in [7, 11) is 0. The highest BCUT2D eigenvalue weighted by atomic mass is 32.1. The van der Waals surface area contributed by atoms with Gasteiger partial charge in [-0.05, 0) is 61.9 Å². The fourth-order valence-corrected chi connectivity index (χ4v) is 5.02. The smallest absolute Gasteiger partial charge is 0.279 e. The molecule has 1 atom stereocenters. The number of fused-ring (bicyclic) bond motifs is 3. The van der Waals surface area contributed by atoms with Gasteiger partial charge in [0.25, 0.3) is 5.56 Å². The minimum absolute atomic E-state index is 0.165. The van der Waals surface area contributed by atoms with E-state index in [1.165, 1.54) is 16.5 Å². The van der Waals surface area contributed by atoms with Crippen molar-refractivity contribution in [3.63, 3.8) is 0 Å². The first-order chi connectivity index (χ1) is 14.5. The van der Waals surface area contributed by atoms with Gasteiger partial charge in [-0.3, -0.25) is 14.4 Å². The Morgan fingerprint density at radius 3 is 2.47 bits per heavy atom. The topological polar surface area (TPSA) is 106 Å². The molecule has 0 spiro atoms. The number of benzene rings is 1. The molecular formula is C21H23N5O3S. The summed E-state index contributed by atoms with van der Waals surface area (Å²) in [5.74, 6) is -0.494. The Hall–Kier alpha value is -3.07. The highest BCUT2D eigenvalue weighted by Crippen LogP contribution is 2.33. The average molecular weight is 426 g/mol. The molecule has 0 bridgehead atoms. The summed E-state index contributed by atoms with van der Waals surface area (Å²) in [6, 6.07) is 6.04. The van der Waals surface area contributed by atoms with Crippen LogP contribution >= 0.6 is 11.3 Å². The molecule has 30 heavy (non-hydrogen) atoms. The molecule has 0 saturated carbocycles. The molecule has 1 aromatic carbocycles. The number of carbonyl (C=O) groups excluding carboxylic acids is 2. The lowest BCUT2D eigenvalue weighted by Gasteiger charge is -2.16. The molecule has 1 unspecified atom stereocenters. The van der Waals surface area contributed by atoms with Gasteiger partial charge in [-0.1, -0.05) is 12.1 Å². The van der Waals surface area contributed by atoms with E-state index < -0.39 is 6.04 Å². The van der Waals surface area contributed by atoms with Crippen molar-refractivity contribution in [2.45, 2.75) is 52.0 Å². The van der Waals surface area contributed by atoms with Crippen LogP contribution in [0.3, 0.4) is 0 Å². The van der Waals surface area contributed by atoms with E-state index in [2.05, 4.69) is 20.9 Å². The Morgan fingerprint density at radius 2 is 1.80 bits per heavy atom. The number of hydrogen-bond acceptors (Lipinski definition) is 6. The van der Waals surface area contributed by atoms with Crippen molar-refractivity contribution < 1.29 is 9.59 Å². The zero-order chi connectivity index (χ0) is 21.3. The first kappa shape index (κ1) is 20.2. The molecular weight excluding hydrogens is 402 g/mol. The van der Waals surface area contributed by atoms with E-state index in [0.717, 1.165) is 31.2 Å². The van der Waals surface area contributed by atoms with Gasteiger partial charge in [-0.25, -0.2) is 0 Å². The van der Waals surface area contributed by atoms with Crippen molar-refractivity contribution in [1.82, 2.24) is 15.0 Å². The van der Waals surface area contributed by atoms with Crippen LogP contribution in [0.2, 0.25) is 0 Å². The zero-order valence-electron chi connectivity index (χ0n) is 16.9. The molecule has 0 saturated heterocycles. The maximum absolute atomic E-state index is 13.2. The predicted molar refractivity (Wildman–Crippen MR) is 117 cm³/mol. The van der Waals surface area contributed by atoms with Crippen molar-refractivity contribution in [3.05, 3.63) is 45.1 Å². The lowest BCUT2D eigenvalue weighted by atomic mass is 9.97. The van der Waals surface area contributed by atoms with Gasteiger partial charge < -0.3 is 10.6 Å². The third-order valence-electron chi connectivity index (χ3n) is 5.26. The SMILES string of the molecule is CCC(C(=O)Nc1ccc(NC(C)=O)cc1)n1nnc2sc3c(c2c1=O)CCCC3. The van der Waals surface area contributed by atoms with Gasteiger partial charge in [0.15, 0.2) is 4.83 Å². The maximum Gasteiger partial charge on any atom is 0.279 e. The summed E-state index contributed by atoms with van der Waals surface area (Å²) in [5, 5.41) is 14.5. The molecule has 2 aromatic heterocycles. The normalized spacial score (nSPS) is 14.2. The van der Waals surface area contributed by atoms with Crippen LogP contribution in [0.4, 0.5) is 11.4 Å². The predicted octanol–water partition coefficient (Wildman–Crippen LogP) is 3.28. The quantitative estimate of drug-likeness (QED) is 0.653. The second kappa shape index (κ2) is 8.35. The van der Waals surface area contributed by atoms with E-state index in [0.29, 0.717) is 28.0 Å². The third kappa shape index (κ3) is 3.85. The Kier molecular flexibility index (Phi) is 5.63. The minimum atomic E-state index is -0.761. The molecule has 4 rings (SSSR count). The second-order valence-corrected chi connectivity index (χ2v) is 8.49. The van der Waals surface area contributed by atoms with Crippen molar-refractivity contribution in [3.8, 4) is 0 Å². The first-order valence-electron chi connectivity index (χ1n) is 10.1. The Morgan fingerprint density at radius 1 is 1.13 bits per heavy atom. The van der Waals surface area contributed by atoms with Crippen molar-refractivity contribution in [2.75, 3.05) is 10.6 Å². The zero-order valence-corrected chi connectivity index (χ0v) is 17.7. The number of hydrogen-bond donors (Lipinski definition) is 2. The molecule has 1 aliphatic rings. The van der Waals surface area contributed by atoms with Crippen LogP contribution in [-0.4, -0.2) is 26.8 Å². The molecule has 3 aromatic rings. The third-order valence-corrected chi connectivity index (χ3v) is 6.44. The largest absolute Gasteiger partial charge is 0.326 e. The number of carbonyl (C=O) groups is 2. The second-order valence-electron chi connectivity index (χ2n) is 7.40. The summed E-state index contributed by atoms with van der Waals surface area (Å²) in [5.41, 5.74) is 2.05. The van der Waals surface area contributed by atoms with Gasteiger partial charge in [0.2, 0.25) is 11.8 Å². The number of aryl methyl sites for hydroxylation is 2. The van der Waals surface area contributed by atoms with Crippen LogP contribution in [-0.2, 0) is 22.4 Å². The molecule has 0 aliphatic heterocycles. The van der Waals surface area contributed by atoms with Crippen LogP contribution in [0.5, 0.6) is 0 Å². The average Bonchev–Trinajstić information content (AvgIpc) is 3.10. The standard InChI is InChI=1S/C21H23N5O3S/c1-3-16(19(28)23-14-10-8-13(9-11-14)22-12(2)27)26-21(29)18-15-6-4-5-7-17(15)30-20(18)24-25-26/h8-11,16H,3-7H2,1-2H3,(H,22,27)(H,23,28). The van der Waals surface area contributed by atoms with Gasteiger partial charge in [0, 0.05) is 23.2 Å². The van der Waals surface area contributed by atoms with E-state index in [-0.39, 0.29) is 17.4 Å².